The number of carbonyl (C=O) groups is 2. The van der Waals surface area contributed by atoms with Gasteiger partial charge in [0.05, 0.1) is 12.1 Å². The molecular formula is C18H21N3O2S. The average molecular weight is 343 g/mol. The number of nitrogens with two attached hydrogens (primary N) is 1. The number of amides is 2. The molecule has 0 spiro atoms. The van der Waals surface area contributed by atoms with Crippen molar-refractivity contribution in [3.8, 4) is 0 Å². The van der Waals surface area contributed by atoms with Gasteiger partial charge in [-0.3, -0.25) is 14.5 Å². The maximum atomic E-state index is 12.4. The molecule has 0 fully saturated rings. The molecule has 1 aliphatic rings. The largest absolute Gasteiger partial charge is 0.366 e. The first kappa shape index (κ1) is 16.7. The Balaban J connectivity index is 1.67. The molecule has 1 aromatic carbocycles. The van der Waals surface area contributed by atoms with Crippen molar-refractivity contribution in [3.05, 3.63) is 52.4 Å². The highest BCUT2D eigenvalue weighted by molar-refractivity contribution is 7.14. The Labute approximate surface area is 145 Å². The third-order valence-corrected chi connectivity index (χ3v) is 5.28. The lowest BCUT2D eigenvalue weighted by molar-refractivity contribution is -0.117. The molecule has 0 radical (unpaired) electrons. The first-order valence-electron chi connectivity index (χ1n) is 8.01. The van der Waals surface area contributed by atoms with Crippen molar-refractivity contribution in [1.82, 2.24) is 4.90 Å². The van der Waals surface area contributed by atoms with Crippen LogP contribution in [0.5, 0.6) is 0 Å². The molecule has 2 aromatic rings. The van der Waals surface area contributed by atoms with Crippen LogP contribution in [0.25, 0.3) is 0 Å². The number of nitrogens with zero attached hydrogens (tertiary/aromatic N) is 1. The SMILES string of the molecule is CN(CC(=O)Nc1sccc1C(N)=O)[C@H]1CCCc2ccccc21. The number of thiophene rings is 1. The van der Waals surface area contributed by atoms with Crippen LogP contribution in [0.4, 0.5) is 5.00 Å². The van der Waals surface area contributed by atoms with Crippen LogP contribution in [0, 0.1) is 0 Å². The van der Waals surface area contributed by atoms with Gasteiger partial charge in [-0.2, -0.15) is 0 Å². The summed E-state index contributed by atoms with van der Waals surface area (Å²) in [6.07, 6.45) is 3.28. The average Bonchev–Trinajstić information content (AvgIpc) is 3.02. The quantitative estimate of drug-likeness (QED) is 0.876. The summed E-state index contributed by atoms with van der Waals surface area (Å²) in [4.78, 5) is 25.8. The van der Waals surface area contributed by atoms with Gasteiger partial charge in [0, 0.05) is 6.04 Å². The van der Waals surface area contributed by atoms with Gasteiger partial charge in [-0.15, -0.1) is 11.3 Å². The Morgan fingerprint density at radius 2 is 2.12 bits per heavy atom. The van der Waals surface area contributed by atoms with E-state index in [-0.39, 0.29) is 18.5 Å². The predicted octanol–water partition coefficient (Wildman–Crippen LogP) is 2.79. The van der Waals surface area contributed by atoms with E-state index in [1.165, 1.54) is 22.5 Å². The summed E-state index contributed by atoms with van der Waals surface area (Å²) in [5, 5.41) is 5.07. The molecule has 126 valence electrons. The van der Waals surface area contributed by atoms with Gasteiger partial charge in [-0.05, 0) is 48.9 Å². The van der Waals surface area contributed by atoms with Crippen molar-refractivity contribution in [2.45, 2.75) is 25.3 Å². The minimum absolute atomic E-state index is 0.134. The van der Waals surface area contributed by atoms with Gasteiger partial charge in [0.1, 0.15) is 5.00 Å². The molecule has 1 heterocycles. The van der Waals surface area contributed by atoms with Crippen LogP contribution in [0.15, 0.2) is 35.7 Å². The maximum Gasteiger partial charge on any atom is 0.251 e. The molecule has 0 bridgehead atoms. The van der Waals surface area contributed by atoms with Gasteiger partial charge in [0.15, 0.2) is 0 Å². The molecule has 0 aliphatic heterocycles. The zero-order valence-corrected chi connectivity index (χ0v) is 14.4. The number of aryl methyl sites for hydroxylation is 1. The summed E-state index contributed by atoms with van der Waals surface area (Å²) in [5.41, 5.74) is 8.36. The molecule has 0 saturated heterocycles. The minimum Gasteiger partial charge on any atom is -0.366 e. The molecule has 0 unspecified atom stereocenters. The molecule has 6 heteroatoms. The highest BCUT2D eigenvalue weighted by atomic mass is 32.1. The Kier molecular flexibility index (Phi) is 4.97. The second-order valence-corrected chi connectivity index (χ2v) is 7.01. The fourth-order valence-electron chi connectivity index (χ4n) is 3.29. The molecule has 24 heavy (non-hydrogen) atoms. The predicted molar refractivity (Wildman–Crippen MR) is 96.2 cm³/mol. The molecule has 1 atom stereocenters. The highest BCUT2D eigenvalue weighted by Gasteiger charge is 2.25. The van der Waals surface area contributed by atoms with Crippen molar-refractivity contribution < 1.29 is 9.59 Å². The Morgan fingerprint density at radius 3 is 2.92 bits per heavy atom. The van der Waals surface area contributed by atoms with E-state index in [4.69, 9.17) is 5.73 Å². The summed E-state index contributed by atoms with van der Waals surface area (Å²) < 4.78 is 0. The number of hydrogen-bond donors (Lipinski definition) is 2. The lowest BCUT2D eigenvalue weighted by Gasteiger charge is -2.32. The number of rotatable bonds is 5. The molecule has 5 nitrogen and oxygen atoms in total. The fourth-order valence-corrected chi connectivity index (χ4v) is 4.10. The molecule has 0 saturated carbocycles. The zero-order chi connectivity index (χ0) is 17.1. The van der Waals surface area contributed by atoms with Crippen LogP contribution in [0.1, 0.15) is 40.4 Å². The van der Waals surface area contributed by atoms with E-state index in [1.54, 1.807) is 11.4 Å². The van der Waals surface area contributed by atoms with Gasteiger partial charge in [0.25, 0.3) is 5.91 Å². The highest BCUT2D eigenvalue weighted by Crippen LogP contribution is 2.33. The molecule has 1 aliphatic carbocycles. The first-order chi connectivity index (χ1) is 11.6. The van der Waals surface area contributed by atoms with Crippen molar-refractivity contribution in [1.29, 1.82) is 0 Å². The third kappa shape index (κ3) is 3.49. The van der Waals surface area contributed by atoms with Crippen LogP contribution in [-0.2, 0) is 11.2 Å². The van der Waals surface area contributed by atoms with Gasteiger partial charge < -0.3 is 11.1 Å². The summed E-state index contributed by atoms with van der Waals surface area (Å²) >= 11 is 1.31. The first-order valence-corrected chi connectivity index (χ1v) is 8.89. The summed E-state index contributed by atoms with van der Waals surface area (Å²) in [6, 6.07) is 10.3. The van der Waals surface area contributed by atoms with E-state index >= 15 is 0 Å². The molecular weight excluding hydrogens is 322 g/mol. The zero-order valence-electron chi connectivity index (χ0n) is 13.6. The number of primary amides is 1. The minimum atomic E-state index is -0.527. The summed E-state index contributed by atoms with van der Waals surface area (Å²) in [5.74, 6) is -0.661. The van der Waals surface area contributed by atoms with Gasteiger partial charge in [0.2, 0.25) is 5.91 Å². The second kappa shape index (κ2) is 7.15. The number of nitrogens with one attached hydrogen (secondary N) is 1. The van der Waals surface area contributed by atoms with E-state index < -0.39 is 5.91 Å². The van der Waals surface area contributed by atoms with E-state index in [9.17, 15) is 9.59 Å². The molecule has 2 amide bonds. The van der Waals surface area contributed by atoms with E-state index in [0.29, 0.717) is 10.6 Å². The van der Waals surface area contributed by atoms with E-state index in [2.05, 4.69) is 34.5 Å². The number of fused-ring (bicyclic) bond motifs is 1. The van der Waals surface area contributed by atoms with E-state index in [1.807, 2.05) is 7.05 Å². The molecule has 1 aromatic heterocycles. The topological polar surface area (TPSA) is 75.4 Å². The third-order valence-electron chi connectivity index (χ3n) is 4.45. The molecule has 3 N–H and O–H groups in total. The van der Waals surface area contributed by atoms with Crippen LogP contribution in [0.2, 0.25) is 0 Å². The lowest BCUT2D eigenvalue weighted by Crippen LogP contribution is -2.35. The molecule has 3 rings (SSSR count). The number of benzene rings is 1. The number of carbonyl (C=O) groups excluding carboxylic acids is 2. The van der Waals surface area contributed by atoms with Crippen LogP contribution in [0.3, 0.4) is 0 Å². The summed E-state index contributed by atoms with van der Waals surface area (Å²) in [7, 11) is 1.97. The van der Waals surface area contributed by atoms with Crippen molar-refractivity contribution in [3.63, 3.8) is 0 Å². The lowest BCUT2D eigenvalue weighted by atomic mass is 9.87. The Morgan fingerprint density at radius 1 is 1.33 bits per heavy atom. The van der Waals surface area contributed by atoms with Gasteiger partial charge in [-0.1, -0.05) is 24.3 Å². The van der Waals surface area contributed by atoms with Crippen LogP contribution >= 0.6 is 11.3 Å². The maximum absolute atomic E-state index is 12.4. The van der Waals surface area contributed by atoms with Crippen molar-refractivity contribution >= 4 is 28.2 Å². The van der Waals surface area contributed by atoms with Gasteiger partial charge >= 0.3 is 0 Å². The Bertz CT molecular complexity index is 756. The van der Waals surface area contributed by atoms with Gasteiger partial charge in [-0.25, -0.2) is 0 Å². The number of anilines is 1. The smallest absolute Gasteiger partial charge is 0.251 e. The fraction of sp³-hybridized carbons (Fsp3) is 0.333. The standard InChI is InChI=1S/C18H21N3O2S/c1-21(15-8-4-6-12-5-2-3-7-13(12)15)11-16(22)20-18-14(17(19)23)9-10-24-18/h2-3,5,7,9-10,15H,4,6,8,11H2,1H3,(H2,19,23)(H,20,22)/t15-/m0/s1. The second-order valence-electron chi connectivity index (χ2n) is 6.10. The van der Waals surface area contributed by atoms with Crippen molar-refractivity contribution in [2.75, 3.05) is 18.9 Å². The van der Waals surface area contributed by atoms with Crippen LogP contribution in [-0.4, -0.2) is 30.3 Å². The monoisotopic (exact) mass is 343 g/mol. The van der Waals surface area contributed by atoms with E-state index in [0.717, 1.165) is 19.3 Å². The van der Waals surface area contributed by atoms with Crippen molar-refractivity contribution in [2.24, 2.45) is 5.73 Å². The van der Waals surface area contributed by atoms with Crippen LogP contribution < -0.4 is 11.1 Å². The normalized spacial score (nSPS) is 16.7. The number of hydrogen-bond acceptors (Lipinski definition) is 4. The number of likely N-dealkylation sites (N-methyl/N-ethyl adjacent to an activating group) is 1. The summed E-state index contributed by atoms with van der Waals surface area (Å²) in [6.45, 7) is 0.273. The Hall–Kier alpha value is -2.18.